The lowest BCUT2D eigenvalue weighted by Crippen LogP contribution is -2.26. The molecule has 0 aromatic carbocycles. The second-order valence-electron chi connectivity index (χ2n) is 1.73. The van der Waals surface area contributed by atoms with Gasteiger partial charge in [-0.2, -0.15) is 0 Å². The van der Waals surface area contributed by atoms with Crippen LogP contribution in [0.4, 0.5) is 0 Å². The monoisotopic (exact) mass is 117 g/mol. The van der Waals surface area contributed by atoms with Gasteiger partial charge in [-0.05, 0) is 6.92 Å². The smallest absolute Gasteiger partial charge is 0.151 e. The number of hydrogen-bond donors (Lipinski definition) is 2. The molecule has 1 unspecified atom stereocenters. The van der Waals surface area contributed by atoms with Gasteiger partial charge in [-0.1, -0.05) is 0 Å². The van der Waals surface area contributed by atoms with E-state index in [0.29, 0.717) is 0 Å². The van der Waals surface area contributed by atoms with E-state index in [4.69, 9.17) is 10.8 Å². The van der Waals surface area contributed by atoms with Crippen LogP contribution in [0.1, 0.15) is 13.3 Å². The van der Waals surface area contributed by atoms with E-state index in [0.717, 1.165) is 0 Å². The molecule has 0 aromatic heterocycles. The first kappa shape index (κ1) is 7.59. The summed E-state index contributed by atoms with van der Waals surface area (Å²) < 4.78 is 0. The Bertz CT molecular complexity index is 80.5. The van der Waals surface area contributed by atoms with E-state index in [1.807, 2.05) is 0 Å². The van der Waals surface area contributed by atoms with Gasteiger partial charge >= 0.3 is 0 Å². The van der Waals surface area contributed by atoms with Crippen molar-refractivity contribution in [2.75, 3.05) is 6.61 Å². The Kier molecular flexibility index (Phi) is 3.39. The Morgan fingerprint density at radius 1 is 1.88 bits per heavy atom. The van der Waals surface area contributed by atoms with E-state index in [1.165, 1.54) is 0 Å². The number of hydrogen-bond acceptors (Lipinski definition) is 3. The number of nitrogens with two attached hydrogens (primary N) is 1. The zero-order chi connectivity index (χ0) is 6.57. The van der Waals surface area contributed by atoms with Crippen LogP contribution in [0.15, 0.2) is 0 Å². The molecule has 0 aliphatic rings. The molecule has 0 aromatic rings. The molecule has 0 spiro atoms. The lowest BCUT2D eigenvalue weighted by molar-refractivity contribution is -0.120. The first-order valence-corrected chi connectivity index (χ1v) is 2.57. The van der Waals surface area contributed by atoms with Crippen molar-refractivity contribution < 1.29 is 9.90 Å². The molecule has 8 heavy (non-hydrogen) atoms. The second kappa shape index (κ2) is 3.57. The summed E-state index contributed by atoms with van der Waals surface area (Å²) in [5.74, 6) is -0.0903. The summed E-state index contributed by atoms with van der Waals surface area (Å²) in [6.07, 6.45) is 0.178. The molecule has 0 amide bonds. The van der Waals surface area contributed by atoms with Gasteiger partial charge in [0.25, 0.3) is 0 Å². The summed E-state index contributed by atoms with van der Waals surface area (Å²) in [5, 5.41) is 8.21. The molecule has 3 nitrogen and oxygen atoms in total. The third-order valence-electron chi connectivity index (χ3n) is 0.866. The maximum Gasteiger partial charge on any atom is 0.151 e. The van der Waals surface area contributed by atoms with Crippen molar-refractivity contribution in [1.29, 1.82) is 0 Å². The van der Waals surface area contributed by atoms with Gasteiger partial charge in [-0.15, -0.1) is 0 Å². The predicted molar refractivity (Wildman–Crippen MR) is 30.4 cm³/mol. The van der Waals surface area contributed by atoms with Crippen LogP contribution in [-0.4, -0.2) is 23.5 Å². The molecule has 0 rings (SSSR count). The van der Waals surface area contributed by atoms with Gasteiger partial charge in [-0.25, -0.2) is 0 Å². The van der Waals surface area contributed by atoms with Crippen molar-refractivity contribution in [2.45, 2.75) is 19.4 Å². The molecule has 0 bridgehead atoms. The van der Waals surface area contributed by atoms with Crippen LogP contribution in [0.3, 0.4) is 0 Å². The lowest BCUT2D eigenvalue weighted by atomic mass is 10.2. The van der Waals surface area contributed by atoms with Crippen molar-refractivity contribution in [2.24, 2.45) is 5.73 Å². The molecular weight excluding hydrogens is 106 g/mol. The van der Waals surface area contributed by atoms with Gasteiger partial charge in [0.15, 0.2) is 5.78 Å². The van der Waals surface area contributed by atoms with Gasteiger partial charge in [0.2, 0.25) is 0 Å². The number of Topliss-reactive ketones (excluding diaryl/α,β-unsaturated/α-hetero) is 1. The van der Waals surface area contributed by atoms with Crippen LogP contribution in [0.5, 0.6) is 0 Å². The molecule has 0 radical (unpaired) electrons. The quantitative estimate of drug-likeness (QED) is 0.513. The topological polar surface area (TPSA) is 63.3 Å². The van der Waals surface area contributed by atoms with E-state index in [-0.39, 0.29) is 18.8 Å². The Morgan fingerprint density at radius 3 is 2.50 bits per heavy atom. The second-order valence-corrected chi connectivity index (χ2v) is 1.73. The van der Waals surface area contributed by atoms with Crippen molar-refractivity contribution >= 4 is 5.78 Å². The summed E-state index contributed by atoms with van der Waals surface area (Å²) in [6, 6.07) is -0.429. The molecular formula is C5H11NO2. The van der Waals surface area contributed by atoms with Crippen LogP contribution < -0.4 is 5.73 Å². The highest BCUT2D eigenvalue weighted by atomic mass is 16.3. The van der Waals surface area contributed by atoms with Gasteiger partial charge in [0, 0.05) is 6.42 Å². The SMILES string of the molecule is CC(N)C(=O)CCO. The number of ketones is 1. The molecule has 1 atom stereocenters. The number of aliphatic hydroxyl groups is 1. The van der Waals surface area contributed by atoms with Crippen molar-refractivity contribution in [1.82, 2.24) is 0 Å². The molecule has 0 aliphatic heterocycles. The van der Waals surface area contributed by atoms with E-state index >= 15 is 0 Å². The normalized spacial score (nSPS) is 13.4. The van der Waals surface area contributed by atoms with Gasteiger partial charge in [0.1, 0.15) is 0 Å². The minimum absolute atomic E-state index is 0.0903. The highest BCUT2D eigenvalue weighted by Gasteiger charge is 2.04. The highest BCUT2D eigenvalue weighted by molar-refractivity contribution is 5.83. The molecule has 3 N–H and O–H groups in total. The van der Waals surface area contributed by atoms with Crippen molar-refractivity contribution in [3.63, 3.8) is 0 Å². The molecule has 0 saturated carbocycles. The highest BCUT2D eigenvalue weighted by Crippen LogP contribution is 1.84. The fourth-order valence-corrected chi connectivity index (χ4v) is 0.338. The lowest BCUT2D eigenvalue weighted by Gasteiger charge is -1.98. The third-order valence-corrected chi connectivity index (χ3v) is 0.866. The molecule has 3 heteroatoms. The van der Waals surface area contributed by atoms with E-state index in [9.17, 15) is 4.79 Å². The zero-order valence-corrected chi connectivity index (χ0v) is 4.92. The fourth-order valence-electron chi connectivity index (χ4n) is 0.338. The molecule has 0 heterocycles. The zero-order valence-electron chi connectivity index (χ0n) is 4.92. The summed E-state index contributed by atoms with van der Waals surface area (Å²) in [7, 11) is 0. The molecule has 0 aliphatic carbocycles. The predicted octanol–water partition coefficient (Wildman–Crippen LogP) is -0.715. The summed E-state index contributed by atoms with van der Waals surface area (Å²) in [5.41, 5.74) is 5.16. The first-order chi connectivity index (χ1) is 3.68. The Balaban J connectivity index is 3.33. The number of rotatable bonds is 3. The minimum Gasteiger partial charge on any atom is -0.396 e. The van der Waals surface area contributed by atoms with Crippen LogP contribution in [-0.2, 0) is 4.79 Å². The van der Waals surface area contributed by atoms with Crippen LogP contribution in [0.25, 0.3) is 0 Å². The van der Waals surface area contributed by atoms with Crippen molar-refractivity contribution in [3.8, 4) is 0 Å². The maximum atomic E-state index is 10.5. The summed E-state index contributed by atoms with van der Waals surface area (Å²) in [4.78, 5) is 10.5. The standard InChI is InChI=1S/C5H11NO2/c1-4(6)5(8)2-3-7/h4,7H,2-3,6H2,1H3. The first-order valence-electron chi connectivity index (χ1n) is 2.57. The van der Waals surface area contributed by atoms with E-state index in [2.05, 4.69) is 0 Å². The Hall–Kier alpha value is -0.410. The maximum absolute atomic E-state index is 10.5. The average molecular weight is 117 g/mol. The fraction of sp³-hybridized carbons (Fsp3) is 0.800. The van der Waals surface area contributed by atoms with Crippen LogP contribution in [0.2, 0.25) is 0 Å². The van der Waals surface area contributed by atoms with E-state index in [1.54, 1.807) is 6.92 Å². The minimum atomic E-state index is -0.429. The van der Waals surface area contributed by atoms with Gasteiger partial charge in [0.05, 0.1) is 12.6 Å². The summed E-state index contributed by atoms with van der Waals surface area (Å²) >= 11 is 0. The number of carbonyl (C=O) groups excluding carboxylic acids is 1. The molecule has 48 valence electrons. The molecule has 0 saturated heterocycles. The third kappa shape index (κ3) is 2.71. The largest absolute Gasteiger partial charge is 0.396 e. The number of aliphatic hydroxyl groups excluding tert-OH is 1. The van der Waals surface area contributed by atoms with Crippen molar-refractivity contribution in [3.05, 3.63) is 0 Å². The number of carbonyl (C=O) groups is 1. The Morgan fingerprint density at radius 2 is 2.38 bits per heavy atom. The Labute approximate surface area is 48.5 Å². The van der Waals surface area contributed by atoms with E-state index < -0.39 is 6.04 Å². The average Bonchev–Trinajstić information content (AvgIpc) is 1.67. The van der Waals surface area contributed by atoms with Gasteiger partial charge < -0.3 is 10.8 Å². The van der Waals surface area contributed by atoms with Crippen LogP contribution >= 0.6 is 0 Å². The van der Waals surface area contributed by atoms with Gasteiger partial charge in [-0.3, -0.25) is 4.79 Å². The van der Waals surface area contributed by atoms with Crippen LogP contribution in [0, 0.1) is 0 Å². The molecule has 0 fully saturated rings. The summed E-state index contributed by atoms with van der Waals surface area (Å²) in [6.45, 7) is 1.51.